The molecule has 0 unspecified atom stereocenters. The first-order valence-electron chi connectivity index (χ1n) is 9.93. The molecule has 2 aromatic heterocycles. The number of aryl methyl sites for hydroxylation is 2. The Bertz CT molecular complexity index is 1080. The zero-order valence-corrected chi connectivity index (χ0v) is 16.6. The monoisotopic (exact) mass is 385 g/mol. The minimum atomic E-state index is -0.141. The molecule has 5 heterocycles. The van der Waals surface area contributed by atoms with Crippen molar-refractivity contribution >= 4 is 17.3 Å². The largest absolute Gasteiger partial charge is 0.371 e. The number of nitrogens with one attached hydrogen (secondary N) is 2. The van der Waals surface area contributed by atoms with Gasteiger partial charge in [0.15, 0.2) is 0 Å². The molecule has 0 aromatic carbocycles. The first kappa shape index (κ1) is 17.7. The van der Waals surface area contributed by atoms with Crippen molar-refractivity contribution in [3.8, 4) is 0 Å². The van der Waals surface area contributed by atoms with Crippen LogP contribution in [0.3, 0.4) is 0 Å². The van der Waals surface area contributed by atoms with E-state index in [4.69, 9.17) is 0 Å². The molecule has 3 aliphatic rings. The Labute approximate surface area is 170 Å². The fraction of sp³-hybridized carbons (Fsp3) is 0.261. The highest BCUT2D eigenvalue weighted by Gasteiger charge is 2.41. The highest BCUT2D eigenvalue weighted by atomic mass is 16.2. The molecule has 2 fully saturated rings. The van der Waals surface area contributed by atoms with E-state index in [1.807, 2.05) is 25.3 Å². The van der Waals surface area contributed by atoms with Gasteiger partial charge in [-0.15, -0.1) is 0 Å². The number of anilines is 1. The van der Waals surface area contributed by atoms with E-state index < -0.39 is 0 Å². The van der Waals surface area contributed by atoms with E-state index in [9.17, 15) is 4.79 Å². The first-order valence-corrected chi connectivity index (χ1v) is 9.93. The molecule has 29 heavy (non-hydrogen) atoms. The molecule has 6 heteroatoms. The number of carbonyl (C=O) groups is 1. The van der Waals surface area contributed by atoms with Gasteiger partial charge in [-0.05, 0) is 56.2 Å². The van der Waals surface area contributed by atoms with Gasteiger partial charge in [-0.1, -0.05) is 0 Å². The van der Waals surface area contributed by atoms with Gasteiger partial charge in [-0.25, -0.2) is 0 Å². The van der Waals surface area contributed by atoms with E-state index in [1.54, 1.807) is 12.4 Å². The molecule has 0 spiro atoms. The molecule has 0 saturated carbocycles. The summed E-state index contributed by atoms with van der Waals surface area (Å²) in [7, 11) is 0. The summed E-state index contributed by atoms with van der Waals surface area (Å²) in [4.78, 5) is 24.2. The van der Waals surface area contributed by atoms with Crippen LogP contribution in [0.5, 0.6) is 0 Å². The number of fused-ring (bicyclic) bond motifs is 5. The van der Waals surface area contributed by atoms with Crippen LogP contribution < -0.4 is 10.6 Å². The zero-order valence-electron chi connectivity index (χ0n) is 16.6. The smallest absolute Gasteiger partial charge is 0.272 e. The summed E-state index contributed by atoms with van der Waals surface area (Å²) in [6.07, 6.45) is 10.5. The highest BCUT2D eigenvalue weighted by molar-refractivity contribution is 6.06. The second-order valence-electron chi connectivity index (χ2n) is 7.81. The van der Waals surface area contributed by atoms with Gasteiger partial charge in [0.05, 0.1) is 11.9 Å². The van der Waals surface area contributed by atoms with Crippen molar-refractivity contribution in [3.05, 3.63) is 82.7 Å². The van der Waals surface area contributed by atoms with Crippen LogP contribution in [0.25, 0.3) is 5.70 Å². The lowest BCUT2D eigenvalue weighted by atomic mass is 9.94. The Hall–Kier alpha value is -3.41. The van der Waals surface area contributed by atoms with Gasteiger partial charge in [0.2, 0.25) is 0 Å². The number of carbonyl (C=O) groups excluding carboxylic acids is 1. The number of rotatable bonds is 3. The van der Waals surface area contributed by atoms with E-state index in [0.717, 1.165) is 53.3 Å². The molecule has 2 N–H and O–H groups in total. The van der Waals surface area contributed by atoms with Crippen LogP contribution in [0.2, 0.25) is 0 Å². The Morgan fingerprint density at radius 1 is 1.28 bits per heavy atom. The van der Waals surface area contributed by atoms with Crippen LogP contribution in [0, 0.1) is 19.8 Å². The van der Waals surface area contributed by atoms with E-state index in [-0.39, 0.29) is 5.91 Å². The fourth-order valence-electron chi connectivity index (χ4n) is 4.47. The second-order valence-corrected chi connectivity index (χ2v) is 7.81. The van der Waals surface area contributed by atoms with Crippen molar-refractivity contribution < 1.29 is 4.79 Å². The average Bonchev–Trinajstić information content (AvgIpc) is 3.25. The van der Waals surface area contributed by atoms with Gasteiger partial charge in [0.1, 0.15) is 5.70 Å². The number of amides is 1. The van der Waals surface area contributed by atoms with Crippen LogP contribution in [0.4, 0.5) is 5.69 Å². The van der Waals surface area contributed by atoms with Crippen molar-refractivity contribution in [1.29, 1.82) is 0 Å². The third-order valence-electron chi connectivity index (χ3n) is 5.83. The number of aromatic nitrogens is 2. The summed E-state index contributed by atoms with van der Waals surface area (Å²) in [5, 5.41) is 6.46. The number of allylic oxidation sites excluding steroid dienone is 3. The van der Waals surface area contributed by atoms with Gasteiger partial charge in [-0.3, -0.25) is 14.8 Å². The van der Waals surface area contributed by atoms with E-state index in [1.165, 1.54) is 0 Å². The summed E-state index contributed by atoms with van der Waals surface area (Å²) in [5.41, 5.74) is 7.57. The topological polar surface area (TPSA) is 70.2 Å². The van der Waals surface area contributed by atoms with Crippen LogP contribution in [0.1, 0.15) is 23.2 Å². The quantitative estimate of drug-likeness (QED) is 0.849. The minimum Gasteiger partial charge on any atom is -0.371 e. The molecule has 0 aliphatic carbocycles. The Kier molecular flexibility index (Phi) is 4.19. The molecule has 2 aromatic rings. The summed E-state index contributed by atoms with van der Waals surface area (Å²) in [6.45, 7) is 6.09. The summed E-state index contributed by atoms with van der Waals surface area (Å²) in [6, 6.07) is 5.72. The molecular weight excluding hydrogens is 362 g/mol. The Balaban J connectivity index is 1.56. The van der Waals surface area contributed by atoms with Crippen molar-refractivity contribution in [3.63, 3.8) is 0 Å². The third-order valence-corrected chi connectivity index (χ3v) is 5.83. The maximum Gasteiger partial charge on any atom is 0.272 e. The molecule has 6 nitrogen and oxygen atoms in total. The number of piperidine rings is 1. The predicted molar refractivity (Wildman–Crippen MR) is 112 cm³/mol. The molecule has 146 valence electrons. The van der Waals surface area contributed by atoms with Crippen LogP contribution in [0.15, 0.2) is 65.9 Å². The fourth-order valence-corrected chi connectivity index (χ4v) is 4.47. The number of hydrogen-bond donors (Lipinski definition) is 2. The zero-order chi connectivity index (χ0) is 20.0. The first-order chi connectivity index (χ1) is 14.1. The van der Waals surface area contributed by atoms with Gasteiger partial charge in [-0.2, -0.15) is 0 Å². The van der Waals surface area contributed by atoms with Crippen molar-refractivity contribution in [1.82, 2.24) is 20.2 Å². The van der Waals surface area contributed by atoms with Crippen LogP contribution in [-0.4, -0.2) is 33.9 Å². The Morgan fingerprint density at radius 2 is 2.17 bits per heavy atom. The predicted octanol–water partition coefficient (Wildman–Crippen LogP) is 3.15. The second kappa shape index (κ2) is 6.88. The summed E-state index contributed by atoms with van der Waals surface area (Å²) < 4.78 is 0. The highest BCUT2D eigenvalue weighted by Crippen LogP contribution is 2.43. The maximum atomic E-state index is 13.3. The molecule has 3 aliphatic heterocycles. The molecule has 5 rings (SSSR count). The lowest BCUT2D eigenvalue weighted by Crippen LogP contribution is -2.29. The number of nitrogens with zero attached hydrogens (tertiary/aromatic N) is 3. The van der Waals surface area contributed by atoms with Gasteiger partial charge < -0.3 is 15.5 Å². The normalized spacial score (nSPS) is 19.9. The SMILES string of the molecule is Cc1cc(C)c(C2=CC=C3C(=C(C(=O)Nc4cccnc4)N2)[C@@H]2CCN3C2)cn1. The number of hydrogen-bond acceptors (Lipinski definition) is 5. The number of pyridine rings is 2. The maximum absolute atomic E-state index is 13.3. The van der Waals surface area contributed by atoms with Gasteiger partial charge in [0, 0.05) is 59.6 Å². The van der Waals surface area contributed by atoms with E-state index >= 15 is 0 Å². The molecule has 2 bridgehead atoms. The molecular formula is C23H23N5O. The van der Waals surface area contributed by atoms with Gasteiger partial charge in [0.25, 0.3) is 5.91 Å². The molecule has 0 radical (unpaired) electrons. The van der Waals surface area contributed by atoms with Crippen molar-refractivity contribution in [2.45, 2.75) is 20.3 Å². The summed E-state index contributed by atoms with van der Waals surface area (Å²) >= 11 is 0. The van der Waals surface area contributed by atoms with Crippen molar-refractivity contribution in [2.24, 2.45) is 5.92 Å². The summed E-state index contributed by atoms with van der Waals surface area (Å²) in [5.74, 6) is 0.242. The molecule has 1 amide bonds. The molecule has 1 atom stereocenters. The van der Waals surface area contributed by atoms with E-state index in [2.05, 4.69) is 50.6 Å². The Morgan fingerprint density at radius 3 is 2.97 bits per heavy atom. The lowest BCUT2D eigenvalue weighted by Gasteiger charge is -2.23. The lowest BCUT2D eigenvalue weighted by molar-refractivity contribution is -0.113. The standard InChI is InChI=1S/C23H23N5O/c1-14-10-15(2)25-12-18(14)19-5-6-20-21(16-7-9-28(20)13-16)22(27-19)23(29)26-17-4-3-8-24-11-17/h3-6,8,10-12,16,27H,7,9,13H2,1-2H3,(H,26,29)/t16-/m1/s1. The van der Waals surface area contributed by atoms with Crippen molar-refractivity contribution in [2.75, 3.05) is 18.4 Å². The minimum absolute atomic E-state index is 0.141. The third kappa shape index (κ3) is 3.10. The average molecular weight is 385 g/mol. The van der Waals surface area contributed by atoms with Crippen LogP contribution >= 0.6 is 0 Å². The van der Waals surface area contributed by atoms with Gasteiger partial charge >= 0.3 is 0 Å². The van der Waals surface area contributed by atoms with E-state index in [0.29, 0.717) is 17.3 Å². The van der Waals surface area contributed by atoms with Crippen LogP contribution in [-0.2, 0) is 4.79 Å². The molecule has 2 saturated heterocycles.